The minimum atomic E-state index is -0.123. The summed E-state index contributed by atoms with van der Waals surface area (Å²) in [4.78, 5) is 11.2. The summed E-state index contributed by atoms with van der Waals surface area (Å²) in [5.41, 5.74) is -0.123. The molecule has 0 saturated carbocycles. The van der Waals surface area contributed by atoms with Gasteiger partial charge in [0.15, 0.2) is 0 Å². The van der Waals surface area contributed by atoms with Crippen LogP contribution >= 0.6 is 0 Å². The summed E-state index contributed by atoms with van der Waals surface area (Å²) >= 11 is 0. The van der Waals surface area contributed by atoms with E-state index in [4.69, 9.17) is 9.15 Å². The molecule has 4 heteroatoms. The third-order valence-electron chi connectivity index (χ3n) is 2.35. The Labute approximate surface area is 81.9 Å². The topological polar surface area (TPSA) is 51.5 Å². The van der Waals surface area contributed by atoms with Crippen molar-refractivity contribution < 1.29 is 9.15 Å². The van der Waals surface area contributed by atoms with E-state index in [1.165, 1.54) is 18.6 Å². The highest BCUT2D eigenvalue weighted by Crippen LogP contribution is 2.10. The smallest absolute Gasteiger partial charge is 0.226 e. The van der Waals surface area contributed by atoms with E-state index in [0.717, 1.165) is 19.5 Å². The Kier molecular flexibility index (Phi) is 2.84. The van der Waals surface area contributed by atoms with Crippen molar-refractivity contribution in [2.75, 3.05) is 19.7 Å². The first kappa shape index (κ1) is 9.27. The Balaban J connectivity index is 1.91. The van der Waals surface area contributed by atoms with Gasteiger partial charge in [-0.25, -0.2) is 0 Å². The highest BCUT2D eigenvalue weighted by molar-refractivity contribution is 5.14. The average molecular weight is 195 g/mol. The first-order valence-corrected chi connectivity index (χ1v) is 4.76. The highest BCUT2D eigenvalue weighted by Gasteiger charge is 2.15. The van der Waals surface area contributed by atoms with Gasteiger partial charge < -0.3 is 14.5 Å². The van der Waals surface area contributed by atoms with Crippen LogP contribution < -0.4 is 15.5 Å². The van der Waals surface area contributed by atoms with Crippen LogP contribution in [0, 0.1) is 5.92 Å². The standard InChI is InChI=1S/C10H13NO3/c12-9-2-4-13-7-10(9)14-6-8-1-3-11-5-8/h2,4,7-8,11H,1,3,5-6H2. The van der Waals surface area contributed by atoms with Crippen LogP contribution in [0.25, 0.3) is 0 Å². The van der Waals surface area contributed by atoms with E-state index in [9.17, 15) is 4.79 Å². The lowest BCUT2D eigenvalue weighted by Crippen LogP contribution is -2.17. The number of rotatable bonds is 3. The van der Waals surface area contributed by atoms with E-state index in [1.54, 1.807) is 0 Å². The fraction of sp³-hybridized carbons (Fsp3) is 0.500. The molecule has 1 aliphatic rings. The Hall–Kier alpha value is -1.29. The van der Waals surface area contributed by atoms with E-state index in [-0.39, 0.29) is 5.43 Å². The fourth-order valence-corrected chi connectivity index (χ4v) is 1.51. The summed E-state index contributed by atoms with van der Waals surface area (Å²) in [5, 5.41) is 3.24. The van der Waals surface area contributed by atoms with Gasteiger partial charge in [0.05, 0.1) is 12.9 Å². The van der Waals surface area contributed by atoms with Crippen LogP contribution in [0.4, 0.5) is 0 Å². The average Bonchev–Trinajstić information content (AvgIpc) is 2.69. The molecular formula is C10H13NO3. The molecular weight excluding hydrogens is 182 g/mol. The maximum Gasteiger partial charge on any atom is 0.226 e. The molecule has 0 spiro atoms. The minimum Gasteiger partial charge on any atom is -0.486 e. The van der Waals surface area contributed by atoms with E-state index in [1.807, 2.05) is 0 Å². The number of hydrogen-bond donors (Lipinski definition) is 1. The van der Waals surface area contributed by atoms with Gasteiger partial charge in [-0.2, -0.15) is 0 Å². The largest absolute Gasteiger partial charge is 0.486 e. The third kappa shape index (κ3) is 2.14. The summed E-state index contributed by atoms with van der Waals surface area (Å²) < 4.78 is 10.2. The third-order valence-corrected chi connectivity index (χ3v) is 2.35. The summed E-state index contributed by atoms with van der Waals surface area (Å²) in [6.07, 6.45) is 3.81. The van der Waals surface area contributed by atoms with Crippen molar-refractivity contribution in [3.8, 4) is 5.75 Å². The molecule has 1 aromatic rings. The Morgan fingerprint density at radius 2 is 2.57 bits per heavy atom. The molecule has 1 saturated heterocycles. The molecule has 2 heterocycles. The van der Waals surface area contributed by atoms with Crippen LogP contribution in [0.2, 0.25) is 0 Å². The molecule has 4 nitrogen and oxygen atoms in total. The van der Waals surface area contributed by atoms with E-state index >= 15 is 0 Å². The first-order chi connectivity index (χ1) is 6.86. The van der Waals surface area contributed by atoms with E-state index in [0.29, 0.717) is 18.3 Å². The van der Waals surface area contributed by atoms with Crippen molar-refractivity contribution in [1.82, 2.24) is 5.32 Å². The second kappa shape index (κ2) is 4.28. The lowest BCUT2D eigenvalue weighted by molar-refractivity contribution is 0.251. The number of hydrogen-bond acceptors (Lipinski definition) is 4. The van der Waals surface area contributed by atoms with Crippen molar-refractivity contribution in [2.24, 2.45) is 5.92 Å². The second-order valence-electron chi connectivity index (χ2n) is 3.46. The molecule has 1 N–H and O–H groups in total. The Bertz CT molecular complexity index is 341. The predicted octanol–water partition coefficient (Wildman–Crippen LogP) is 0.628. The van der Waals surface area contributed by atoms with Crippen LogP contribution in [0.3, 0.4) is 0 Å². The van der Waals surface area contributed by atoms with Crippen LogP contribution in [-0.2, 0) is 0 Å². The minimum absolute atomic E-state index is 0.123. The second-order valence-corrected chi connectivity index (χ2v) is 3.46. The molecule has 0 amide bonds. The molecule has 1 fully saturated rings. The van der Waals surface area contributed by atoms with Gasteiger partial charge in [0, 0.05) is 18.5 Å². The highest BCUT2D eigenvalue weighted by atomic mass is 16.5. The summed E-state index contributed by atoms with van der Waals surface area (Å²) in [7, 11) is 0. The van der Waals surface area contributed by atoms with Gasteiger partial charge >= 0.3 is 0 Å². The summed E-state index contributed by atoms with van der Waals surface area (Å²) in [5.74, 6) is 0.814. The van der Waals surface area contributed by atoms with E-state index in [2.05, 4.69) is 5.32 Å². The monoisotopic (exact) mass is 195 g/mol. The van der Waals surface area contributed by atoms with E-state index < -0.39 is 0 Å². The van der Waals surface area contributed by atoms with Gasteiger partial charge in [0.1, 0.15) is 6.26 Å². The van der Waals surface area contributed by atoms with Gasteiger partial charge in [-0.1, -0.05) is 0 Å². The molecule has 0 radical (unpaired) electrons. The maximum absolute atomic E-state index is 11.2. The molecule has 0 aliphatic carbocycles. The molecule has 1 aliphatic heterocycles. The fourth-order valence-electron chi connectivity index (χ4n) is 1.51. The lowest BCUT2D eigenvalue weighted by Gasteiger charge is -2.08. The predicted molar refractivity (Wildman–Crippen MR) is 51.4 cm³/mol. The normalized spacial score (nSPS) is 21.0. The van der Waals surface area contributed by atoms with Gasteiger partial charge in [0.25, 0.3) is 0 Å². The molecule has 1 aromatic heterocycles. The van der Waals surface area contributed by atoms with Crippen molar-refractivity contribution in [3.05, 3.63) is 28.8 Å². The zero-order valence-corrected chi connectivity index (χ0v) is 7.86. The van der Waals surface area contributed by atoms with Crippen molar-refractivity contribution in [2.45, 2.75) is 6.42 Å². The molecule has 1 unspecified atom stereocenters. The van der Waals surface area contributed by atoms with Crippen LogP contribution in [0.1, 0.15) is 6.42 Å². The van der Waals surface area contributed by atoms with Gasteiger partial charge in [-0.05, 0) is 13.0 Å². The Morgan fingerprint density at radius 3 is 3.29 bits per heavy atom. The molecule has 0 bridgehead atoms. The van der Waals surface area contributed by atoms with Gasteiger partial charge in [0.2, 0.25) is 11.2 Å². The zero-order chi connectivity index (χ0) is 9.80. The van der Waals surface area contributed by atoms with Gasteiger partial charge in [-0.3, -0.25) is 4.79 Å². The van der Waals surface area contributed by atoms with Crippen molar-refractivity contribution in [3.63, 3.8) is 0 Å². The Morgan fingerprint density at radius 1 is 1.64 bits per heavy atom. The summed E-state index contributed by atoms with van der Waals surface area (Å²) in [6, 6.07) is 1.36. The zero-order valence-electron chi connectivity index (χ0n) is 7.86. The van der Waals surface area contributed by atoms with Crippen molar-refractivity contribution in [1.29, 1.82) is 0 Å². The SMILES string of the molecule is O=c1ccocc1OCC1CCNC1. The van der Waals surface area contributed by atoms with Crippen molar-refractivity contribution >= 4 is 0 Å². The molecule has 2 rings (SSSR count). The van der Waals surface area contributed by atoms with Crippen LogP contribution in [0.15, 0.2) is 27.8 Å². The van der Waals surface area contributed by atoms with Crippen LogP contribution in [0.5, 0.6) is 5.75 Å². The summed E-state index contributed by atoms with van der Waals surface area (Å²) in [6.45, 7) is 2.59. The molecule has 1 atom stereocenters. The maximum atomic E-state index is 11.2. The van der Waals surface area contributed by atoms with Gasteiger partial charge in [-0.15, -0.1) is 0 Å². The quantitative estimate of drug-likeness (QED) is 0.768. The van der Waals surface area contributed by atoms with Crippen LogP contribution in [-0.4, -0.2) is 19.7 Å². The molecule has 76 valence electrons. The number of nitrogens with one attached hydrogen (secondary N) is 1. The first-order valence-electron chi connectivity index (χ1n) is 4.76. The number of ether oxygens (including phenoxy) is 1. The lowest BCUT2D eigenvalue weighted by atomic mass is 10.1. The molecule has 0 aromatic carbocycles. The molecule has 14 heavy (non-hydrogen) atoms.